The van der Waals surface area contributed by atoms with Crippen molar-refractivity contribution in [3.05, 3.63) is 59.9 Å². The molecular formula is C28H32N4O3. The summed E-state index contributed by atoms with van der Waals surface area (Å²) in [5.41, 5.74) is 6.41. The molecule has 1 fully saturated rings. The molecule has 5 rings (SSSR count). The molecule has 0 radical (unpaired) electrons. The van der Waals surface area contributed by atoms with Crippen LogP contribution < -0.4 is 5.32 Å². The lowest BCUT2D eigenvalue weighted by Crippen LogP contribution is -2.15. The average molecular weight is 473 g/mol. The van der Waals surface area contributed by atoms with Crippen molar-refractivity contribution in [2.24, 2.45) is 0 Å². The number of carboxylic acid groups (broad SMARTS) is 1. The van der Waals surface area contributed by atoms with Gasteiger partial charge in [-0.3, -0.25) is 0 Å². The van der Waals surface area contributed by atoms with Crippen LogP contribution in [-0.2, 0) is 17.8 Å². The highest BCUT2D eigenvalue weighted by Gasteiger charge is 2.25. The second-order valence-corrected chi connectivity index (χ2v) is 9.13. The Morgan fingerprint density at radius 3 is 2.66 bits per heavy atom. The largest absolute Gasteiger partial charge is 0.464 e. The summed E-state index contributed by atoms with van der Waals surface area (Å²) in [5.74, 6) is 0.430. The third-order valence-corrected chi connectivity index (χ3v) is 6.77. The predicted octanol–water partition coefficient (Wildman–Crippen LogP) is 6.68. The molecule has 7 nitrogen and oxygen atoms in total. The van der Waals surface area contributed by atoms with Crippen molar-refractivity contribution in [2.75, 3.05) is 11.9 Å². The first-order valence-electron chi connectivity index (χ1n) is 12.5. The molecule has 1 aliphatic carbocycles. The Bertz CT molecular complexity index is 1330. The van der Waals surface area contributed by atoms with E-state index in [-0.39, 0.29) is 0 Å². The fraction of sp³-hybridized carbons (Fsp3) is 0.357. The number of benzene rings is 2. The van der Waals surface area contributed by atoms with Gasteiger partial charge in [-0.1, -0.05) is 50.1 Å². The van der Waals surface area contributed by atoms with Gasteiger partial charge in [0.2, 0.25) is 0 Å². The molecule has 0 bridgehead atoms. The maximum Gasteiger partial charge on any atom is 0.417 e. The third-order valence-electron chi connectivity index (χ3n) is 6.77. The van der Waals surface area contributed by atoms with Gasteiger partial charge in [0.1, 0.15) is 0 Å². The van der Waals surface area contributed by atoms with Gasteiger partial charge in [0.05, 0.1) is 34.8 Å². The number of aromatic amines is 1. The standard InChI is InChI=1S/C28H32N4O3/c1-3-20-16-32(28(33)34)27(30-20)24-22-14-18(17-35-4-2)15-23(29-21-12-8-9-13-21)26(22)31-25(24)19-10-6-5-7-11-19/h5-7,10-11,14-16,21,29,31H,3-4,8-9,12-13,17H2,1-2H3,(H,33,34). The van der Waals surface area contributed by atoms with Gasteiger partial charge in [-0.15, -0.1) is 0 Å². The summed E-state index contributed by atoms with van der Waals surface area (Å²) >= 11 is 0. The lowest BCUT2D eigenvalue weighted by Gasteiger charge is -2.16. The Hall–Kier alpha value is -3.58. The minimum Gasteiger partial charge on any atom is -0.464 e. The number of nitrogens with one attached hydrogen (secondary N) is 2. The topological polar surface area (TPSA) is 92.2 Å². The molecule has 2 aromatic carbocycles. The molecule has 0 saturated heterocycles. The van der Waals surface area contributed by atoms with E-state index >= 15 is 0 Å². The summed E-state index contributed by atoms with van der Waals surface area (Å²) in [7, 11) is 0. The normalized spacial score (nSPS) is 14.1. The zero-order valence-electron chi connectivity index (χ0n) is 20.3. The van der Waals surface area contributed by atoms with E-state index in [1.54, 1.807) is 6.20 Å². The van der Waals surface area contributed by atoms with Gasteiger partial charge in [-0.05, 0) is 49.4 Å². The maximum atomic E-state index is 12.2. The van der Waals surface area contributed by atoms with E-state index in [0.29, 0.717) is 31.5 Å². The molecule has 2 heterocycles. The summed E-state index contributed by atoms with van der Waals surface area (Å²) in [5, 5.41) is 14.7. The number of aromatic nitrogens is 3. The van der Waals surface area contributed by atoms with E-state index in [4.69, 9.17) is 9.72 Å². The summed E-state index contributed by atoms with van der Waals surface area (Å²) in [6.45, 7) is 5.09. The minimum atomic E-state index is -1.05. The molecule has 35 heavy (non-hydrogen) atoms. The number of fused-ring (bicyclic) bond motifs is 1. The zero-order chi connectivity index (χ0) is 24.4. The maximum absolute atomic E-state index is 12.2. The quantitative estimate of drug-likeness (QED) is 0.266. The summed E-state index contributed by atoms with van der Waals surface area (Å²) in [4.78, 5) is 20.6. The van der Waals surface area contributed by atoms with Crippen LogP contribution in [0.5, 0.6) is 0 Å². The smallest absolute Gasteiger partial charge is 0.417 e. The van der Waals surface area contributed by atoms with Gasteiger partial charge in [-0.25, -0.2) is 14.3 Å². The number of nitrogens with zero attached hydrogens (tertiary/aromatic N) is 2. The fourth-order valence-corrected chi connectivity index (χ4v) is 5.04. The molecule has 3 N–H and O–H groups in total. The number of carbonyl (C=O) groups is 1. The first-order valence-corrected chi connectivity index (χ1v) is 12.5. The van der Waals surface area contributed by atoms with Crippen LogP contribution in [0, 0.1) is 0 Å². The molecule has 0 atom stereocenters. The second-order valence-electron chi connectivity index (χ2n) is 9.13. The molecule has 2 aromatic heterocycles. The van der Waals surface area contributed by atoms with E-state index in [2.05, 4.69) is 22.4 Å². The van der Waals surface area contributed by atoms with E-state index in [1.165, 1.54) is 17.4 Å². The molecule has 0 aliphatic heterocycles. The SMILES string of the molecule is CCOCc1cc(NC2CCCC2)c2[nH]c(-c3ccccc3)c(-c3nc(CC)cn3C(=O)O)c2c1. The number of rotatable bonds is 8. The summed E-state index contributed by atoms with van der Waals surface area (Å²) in [6, 6.07) is 14.7. The van der Waals surface area contributed by atoms with Crippen LogP contribution in [0.1, 0.15) is 50.8 Å². The molecule has 182 valence electrons. The number of hydrogen-bond donors (Lipinski definition) is 3. The van der Waals surface area contributed by atoms with Crippen molar-refractivity contribution in [3.63, 3.8) is 0 Å². The van der Waals surface area contributed by atoms with Crippen LogP contribution in [0.15, 0.2) is 48.7 Å². The fourth-order valence-electron chi connectivity index (χ4n) is 5.04. The molecule has 1 saturated carbocycles. The molecular weight excluding hydrogens is 440 g/mol. The average Bonchev–Trinajstić information content (AvgIpc) is 3.61. The Morgan fingerprint density at radius 1 is 1.20 bits per heavy atom. The van der Waals surface area contributed by atoms with Gasteiger partial charge < -0.3 is 20.1 Å². The van der Waals surface area contributed by atoms with Crippen LogP contribution in [0.25, 0.3) is 33.5 Å². The van der Waals surface area contributed by atoms with Crippen LogP contribution in [0.2, 0.25) is 0 Å². The monoisotopic (exact) mass is 472 g/mol. The van der Waals surface area contributed by atoms with Gasteiger partial charge in [0, 0.05) is 24.2 Å². The molecule has 1 aliphatic rings. The van der Waals surface area contributed by atoms with E-state index in [9.17, 15) is 9.90 Å². The van der Waals surface area contributed by atoms with E-state index in [0.717, 1.165) is 57.5 Å². The number of hydrogen-bond acceptors (Lipinski definition) is 4. The lowest BCUT2D eigenvalue weighted by atomic mass is 10.0. The van der Waals surface area contributed by atoms with Gasteiger partial charge in [0.25, 0.3) is 0 Å². The molecule has 0 amide bonds. The highest BCUT2D eigenvalue weighted by molar-refractivity contribution is 6.08. The number of aryl methyl sites for hydroxylation is 1. The van der Waals surface area contributed by atoms with Crippen molar-refractivity contribution >= 4 is 22.7 Å². The van der Waals surface area contributed by atoms with Gasteiger partial charge in [0.15, 0.2) is 5.82 Å². The molecule has 0 spiro atoms. The Morgan fingerprint density at radius 2 is 1.97 bits per heavy atom. The number of ether oxygens (including phenoxy) is 1. The Balaban J connectivity index is 1.79. The highest BCUT2D eigenvalue weighted by atomic mass is 16.5. The number of H-pyrrole nitrogens is 1. The van der Waals surface area contributed by atoms with Crippen molar-refractivity contribution < 1.29 is 14.6 Å². The van der Waals surface area contributed by atoms with Crippen molar-refractivity contribution in [1.82, 2.24) is 14.5 Å². The number of imidazole rings is 1. The molecule has 0 unspecified atom stereocenters. The van der Waals surface area contributed by atoms with Crippen LogP contribution in [-0.4, -0.2) is 38.4 Å². The summed E-state index contributed by atoms with van der Waals surface area (Å²) < 4.78 is 7.00. The van der Waals surface area contributed by atoms with E-state index in [1.807, 2.05) is 44.2 Å². The molecule has 4 aromatic rings. The van der Waals surface area contributed by atoms with Crippen molar-refractivity contribution in [3.8, 4) is 22.6 Å². The summed E-state index contributed by atoms with van der Waals surface area (Å²) in [6.07, 6.45) is 6.00. The first kappa shape index (κ1) is 23.2. The predicted molar refractivity (Wildman–Crippen MR) is 139 cm³/mol. The minimum absolute atomic E-state index is 0.430. The van der Waals surface area contributed by atoms with Crippen molar-refractivity contribution in [2.45, 2.75) is 58.6 Å². The van der Waals surface area contributed by atoms with Crippen LogP contribution >= 0.6 is 0 Å². The molecule has 7 heteroatoms. The zero-order valence-corrected chi connectivity index (χ0v) is 20.3. The number of anilines is 1. The first-order chi connectivity index (χ1) is 17.1. The van der Waals surface area contributed by atoms with Crippen LogP contribution in [0.4, 0.5) is 10.5 Å². The van der Waals surface area contributed by atoms with E-state index < -0.39 is 6.09 Å². The van der Waals surface area contributed by atoms with Gasteiger partial charge in [-0.2, -0.15) is 0 Å². The lowest BCUT2D eigenvalue weighted by molar-refractivity contribution is 0.134. The van der Waals surface area contributed by atoms with Crippen molar-refractivity contribution in [1.29, 1.82) is 0 Å². The highest BCUT2D eigenvalue weighted by Crippen LogP contribution is 2.41. The second kappa shape index (κ2) is 9.96. The Labute approximate surface area is 205 Å². The van der Waals surface area contributed by atoms with Gasteiger partial charge >= 0.3 is 6.09 Å². The third kappa shape index (κ3) is 4.56. The Kier molecular flexibility index (Phi) is 6.59. The van der Waals surface area contributed by atoms with Crippen LogP contribution in [0.3, 0.4) is 0 Å².